The van der Waals surface area contributed by atoms with E-state index in [4.69, 9.17) is 0 Å². The van der Waals surface area contributed by atoms with E-state index in [9.17, 15) is 18.0 Å². The number of piperidine rings is 1. The van der Waals surface area contributed by atoms with Crippen LogP contribution in [0.4, 0.5) is 11.4 Å². The van der Waals surface area contributed by atoms with Crippen molar-refractivity contribution in [1.82, 2.24) is 9.88 Å². The fourth-order valence-corrected chi connectivity index (χ4v) is 6.09. The number of hydrogen-bond acceptors (Lipinski definition) is 6. The van der Waals surface area contributed by atoms with Crippen LogP contribution < -0.4 is 9.62 Å². The number of carbonyl (C=O) groups is 2. The number of pyridine rings is 1. The van der Waals surface area contributed by atoms with E-state index in [1.807, 2.05) is 36.4 Å². The molecule has 1 aliphatic heterocycles. The molecule has 1 fully saturated rings. The number of amides is 1. The molecule has 0 unspecified atom stereocenters. The van der Waals surface area contributed by atoms with Crippen molar-refractivity contribution in [1.29, 1.82) is 0 Å². The third-order valence-corrected chi connectivity index (χ3v) is 8.69. The third-order valence-electron chi connectivity index (χ3n) is 7.30. The van der Waals surface area contributed by atoms with Gasteiger partial charge in [0.25, 0.3) is 15.9 Å². The monoisotopic (exact) mass is 568 g/mol. The molecule has 8 nitrogen and oxygen atoms in total. The predicted octanol–water partition coefficient (Wildman–Crippen LogP) is 5.12. The molecule has 0 bridgehead atoms. The minimum Gasteiger partial charge on any atom is -0.306 e. The van der Waals surface area contributed by atoms with E-state index in [1.165, 1.54) is 12.1 Å². The number of likely N-dealkylation sites (tertiary alicyclic amines) is 1. The standard InChI is InChI=1S/C32H32N4O4S/c37-31(25-8-3-1-4-9-25)26-17-20-35(21-18-26)22-23-36(29-10-7-19-33-24-29)32(38)27-13-15-28(16-14-27)34-41(39,40)30-11-5-2-6-12-30/h1-16,19,24,26,34H,17-18,20-23H2. The highest BCUT2D eigenvalue weighted by atomic mass is 32.2. The van der Waals surface area contributed by atoms with Crippen molar-refractivity contribution in [3.63, 3.8) is 0 Å². The van der Waals surface area contributed by atoms with Crippen molar-refractivity contribution in [2.75, 3.05) is 35.8 Å². The molecule has 0 radical (unpaired) electrons. The first-order valence-corrected chi connectivity index (χ1v) is 15.1. The summed E-state index contributed by atoms with van der Waals surface area (Å²) in [5.41, 5.74) is 2.24. The summed E-state index contributed by atoms with van der Waals surface area (Å²) in [7, 11) is -3.73. The van der Waals surface area contributed by atoms with Crippen molar-refractivity contribution < 1.29 is 18.0 Å². The van der Waals surface area contributed by atoms with Gasteiger partial charge in [-0.3, -0.25) is 19.3 Å². The Morgan fingerprint density at radius 3 is 2.12 bits per heavy atom. The first kappa shape index (κ1) is 28.2. The summed E-state index contributed by atoms with van der Waals surface area (Å²) in [6, 6.07) is 27.6. The highest BCUT2D eigenvalue weighted by molar-refractivity contribution is 7.92. The Labute approximate surface area is 240 Å². The van der Waals surface area contributed by atoms with Crippen molar-refractivity contribution in [3.8, 4) is 0 Å². The number of nitrogens with one attached hydrogen (secondary N) is 1. The summed E-state index contributed by atoms with van der Waals surface area (Å²) in [5, 5.41) is 0. The number of aromatic nitrogens is 1. The predicted molar refractivity (Wildman–Crippen MR) is 160 cm³/mol. The maximum Gasteiger partial charge on any atom is 0.261 e. The second-order valence-corrected chi connectivity index (χ2v) is 11.7. The number of anilines is 2. The van der Waals surface area contributed by atoms with Crippen molar-refractivity contribution >= 4 is 33.1 Å². The zero-order chi connectivity index (χ0) is 28.7. The SMILES string of the molecule is O=C(c1ccccc1)C1CCN(CCN(C(=O)c2ccc(NS(=O)(=O)c3ccccc3)cc2)c2cccnc2)CC1. The number of Topliss-reactive ketones (excluding diaryl/α,β-unsaturated/α-hetero) is 1. The minimum atomic E-state index is -3.73. The van der Waals surface area contributed by atoms with Crippen molar-refractivity contribution in [2.24, 2.45) is 5.92 Å². The molecule has 1 aliphatic rings. The maximum atomic E-state index is 13.6. The Hall–Kier alpha value is -4.34. The molecule has 0 aliphatic carbocycles. The smallest absolute Gasteiger partial charge is 0.261 e. The molecular weight excluding hydrogens is 536 g/mol. The van der Waals surface area contributed by atoms with Gasteiger partial charge in [0.1, 0.15) is 0 Å². The Kier molecular flexibility index (Phi) is 8.86. The Bertz CT molecular complexity index is 1560. The van der Waals surface area contributed by atoms with Crippen molar-refractivity contribution in [2.45, 2.75) is 17.7 Å². The van der Waals surface area contributed by atoms with Crippen LogP contribution in [0.15, 0.2) is 114 Å². The number of sulfonamides is 1. The molecule has 210 valence electrons. The Morgan fingerprint density at radius 1 is 0.829 bits per heavy atom. The van der Waals surface area contributed by atoms with Crippen molar-refractivity contribution in [3.05, 3.63) is 121 Å². The van der Waals surface area contributed by atoms with Gasteiger partial charge < -0.3 is 9.80 Å². The quantitative estimate of drug-likeness (QED) is 0.267. The lowest BCUT2D eigenvalue weighted by atomic mass is 9.89. The maximum absolute atomic E-state index is 13.6. The molecule has 5 rings (SSSR count). The fraction of sp³-hybridized carbons (Fsp3) is 0.219. The summed E-state index contributed by atoms with van der Waals surface area (Å²) in [5.74, 6) is 0.0130. The summed E-state index contributed by atoms with van der Waals surface area (Å²) in [4.78, 5) is 34.8. The average molecular weight is 569 g/mol. The number of benzene rings is 3. The van der Waals surface area contributed by atoms with Gasteiger partial charge in [-0.1, -0.05) is 48.5 Å². The molecule has 1 aromatic heterocycles. The van der Waals surface area contributed by atoms with Gasteiger partial charge in [0.2, 0.25) is 0 Å². The van der Waals surface area contributed by atoms with E-state index in [1.54, 1.807) is 65.8 Å². The van der Waals surface area contributed by atoms with Crippen LogP contribution in [0.5, 0.6) is 0 Å². The minimum absolute atomic E-state index is 0.0162. The van der Waals surface area contributed by atoms with Gasteiger partial charge in [-0.05, 0) is 74.5 Å². The van der Waals surface area contributed by atoms with Gasteiger partial charge in [0, 0.05) is 42.0 Å². The molecule has 2 heterocycles. The molecule has 0 atom stereocenters. The van der Waals surface area contributed by atoms with Gasteiger partial charge in [0.15, 0.2) is 5.78 Å². The molecule has 0 spiro atoms. The van der Waals surface area contributed by atoms with E-state index in [0.29, 0.717) is 30.0 Å². The van der Waals surface area contributed by atoms with Crippen LogP contribution in [0, 0.1) is 5.92 Å². The number of nitrogens with zero attached hydrogens (tertiary/aromatic N) is 3. The van der Waals surface area contributed by atoms with Gasteiger partial charge >= 0.3 is 0 Å². The second kappa shape index (κ2) is 12.9. The molecule has 1 saturated heterocycles. The van der Waals surface area contributed by atoms with Gasteiger partial charge in [-0.2, -0.15) is 0 Å². The van der Waals surface area contributed by atoms with Gasteiger partial charge in [-0.15, -0.1) is 0 Å². The zero-order valence-electron chi connectivity index (χ0n) is 22.6. The summed E-state index contributed by atoms with van der Waals surface area (Å²) < 4.78 is 27.9. The largest absolute Gasteiger partial charge is 0.306 e. The topological polar surface area (TPSA) is 99.7 Å². The van der Waals surface area contributed by atoms with Crippen LogP contribution in [0.1, 0.15) is 33.6 Å². The molecule has 3 aromatic carbocycles. The van der Waals surface area contributed by atoms with Crippen LogP contribution in [0.25, 0.3) is 0 Å². The lowest BCUT2D eigenvalue weighted by Gasteiger charge is -2.33. The summed E-state index contributed by atoms with van der Waals surface area (Å²) >= 11 is 0. The molecule has 4 aromatic rings. The third kappa shape index (κ3) is 7.06. The summed E-state index contributed by atoms with van der Waals surface area (Å²) in [6.07, 6.45) is 4.89. The van der Waals surface area contributed by atoms with E-state index in [2.05, 4.69) is 14.6 Å². The fourth-order valence-electron chi connectivity index (χ4n) is 5.01. The average Bonchev–Trinajstić information content (AvgIpc) is 3.02. The second-order valence-electron chi connectivity index (χ2n) is 10.0. The number of rotatable bonds is 10. The van der Waals surface area contributed by atoms with Crippen LogP contribution >= 0.6 is 0 Å². The summed E-state index contributed by atoms with van der Waals surface area (Å²) in [6.45, 7) is 2.68. The van der Waals surface area contributed by atoms with Crippen LogP contribution in [-0.2, 0) is 10.0 Å². The Morgan fingerprint density at radius 2 is 1.49 bits per heavy atom. The van der Waals surface area contributed by atoms with E-state index in [-0.39, 0.29) is 22.5 Å². The van der Waals surface area contributed by atoms with Crippen LogP contribution in [-0.4, -0.2) is 56.2 Å². The lowest BCUT2D eigenvalue weighted by Crippen LogP contribution is -2.43. The highest BCUT2D eigenvalue weighted by Crippen LogP contribution is 2.23. The normalized spacial score (nSPS) is 14.3. The van der Waals surface area contributed by atoms with Gasteiger partial charge in [-0.25, -0.2) is 8.42 Å². The van der Waals surface area contributed by atoms with Gasteiger partial charge in [0.05, 0.1) is 16.8 Å². The molecular formula is C32H32N4O4S. The highest BCUT2D eigenvalue weighted by Gasteiger charge is 2.27. The van der Waals surface area contributed by atoms with Crippen LogP contribution in [0.2, 0.25) is 0 Å². The zero-order valence-corrected chi connectivity index (χ0v) is 23.4. The molecule has 0 saturated carbocycles. The molecule has 41 heavy (non-hydrogen) atoms. The molecule has 1 amide bonds. The number of hydrogen-bond donors (Lipinski definition) is 1. The van der Waals surface area contributed by atoms with E-state index < -0.39 is 10.0 Å². The molecule has 9 heteroatoms. The number of ketones is 1. The number of carbonyl (C=O) groups excluding carboxylic acids is 2. The first-order valence-electron chi connectivity index (χ1n) is 13.6. The first-order chi connectivity index (χ1) is 19.9. The van der Waals surface area contributed by atoms with E-state index in [0.717, 1.165) is 31.5 Å². The Balaban J connectivity index is 1.22. The lowest BCUT2D eigenvalue weighted by molar-refractivity contribution is 0.0841. The van der Waals surface area contributed by atoms with Crippen LogP contribution in [0.3, 0.4) is 0 Å². The van der Waals surface area contributed by atoms with E-state index >= 15 is 0 Å². The molecule has 1 N–H and O–H groups in total.